The van der Waals surface area contributed by atoms with Crippen molar-refractivity contribution >= 4 is 29.6 Å². The molecule has 0 unspecified atom stereocenters. The van der Waals surface area contributed by atoms with Gasteiger partial charge in [0.05, 0.1) is 12.3 Å². The smallest absolute Gasteiger partial charge is 0.410 e. The number of para-hydroxylation sites is 1. The van der Waals surface area contributed by atoms with Gasteiger partial charge in [-0.1, -0.05) is 35.9 Å². The predicted octanol–water partition coefficient (Wildman–Crippen LogP) is 4.57. The molecule has 1 N–H and O–H groups in total. The average molecular weight is 431 g/mol. The first kappa shape index (κ1) is 23.8. The molecule has 0 spiro atoms. The maximum Gasteiger partial charge on any atom is 0.410 e. The Bertz CT molecular complexity index is 865. The summed E-state index contributed by atoms with van der Waals surface area (Å²) in [5, 5.41) is 9.37. The zero-order chi connectivity index (χ0) is 22.3. The Kier molecular flexibility index (Phi) is 8.32. The Labute approximate surface area is 183 Å². The Morgan fingerprint density at radius 1 is 1.07 bits per heavy atom. The van der Waals surface area contributed by atoms with Crippen molar-refractivity contribution in [1.82, 2.24) is 4.90 Å². The summed E-state index contributed by atoms with van der Waals surface area (Å²) in [6, 6.07) is 15.3. The number of rotatable bonds is 7. The molecule has 0 aliphatic carbocycles. The molecule has 2 rings (SSSR count). The molecule has 162 valence electrons. The van der Waals surface area contributed by atoms with Crippen molar-refractivity contribution in [3.63, 3.8) is 0 Å². The third-order valence-corrected chi connectivity index (χ3v) is 5.34. The van der Waals surface area contributed by atoms with E-state index in [2.05, 4.69) is 6.07 Å². The van der Waals surface area contributed by atoms with E-state index in [0.29, 0.717) is 5.69 Å². The van der Waals surface area contributed by atoms with Gasteiger partial charge >= 0.3 is 6.09 Å². The van der Waals surface area contributed by atoms with Crippen molar-refractivity contribution in [3.05, 3.63) is 59.7 Å². The van der Waals surface area contributed by atoms with Gasteiger partial charge in [-0.05, 0) is 70.3 Å². The number of aryl methyl sites for hydroxylation is 2. The molecule has 0 saturated heterocycles. The summed E-state index contributed by atoms with van der Waals surface area (Å²) in [7, 11) is 0. The normalized spacial score (nSPS) is 11.1. The lowest BCUT2D eigenvalue weighted by molar-refractivity contribution is -0.118. The number of anilines is 1. The van der Waals surface area contributed by atoms with E-state index < -0.39 is 11.7 Å². The van der Waals surface area contributed by atoms with Gasteiger partial charge in [-0.2, -0.15) is 0 Å². The van der Waals surface area contributed by atoms with Crippen molar-refractivity contribution in [1.29, 1.82) is 0 Å². The lowest BCUT2D eigenvalue weighted by Gasteiger charge is -2.29. The molecule has 0 aliphatic heterocycles. The molecule has 0 heterocycles. The maximum atomic E-state index is 13.3. The highest BCUT2D eigenvalue weighted by Crippen LogP contribution is 2.31. The SMILES string of the molecule is Cc1ccc(SN(C(=O)CN(CCO)C(=O)OC(C)(C)C)c2ccccc2)c(C)c1. The third kappa shape index (κ3) is 7.07. The van der Waals surface area contributed by atoms with Gasteiger partial charge in [0.25, 0.3) is 5.91 Å². The lowest BCUT2D eigenvalue weighted by Crippen LogP contribution is -2.44. The molecule has 7 heteroatoms. The summed E-state index contributed by atoms with van der Waals surface area (Å²) in [5.74, 6) is -0.287. The second kappa shape index (κ2) is 10.5. The third-order valence-electron chi connectivity index (χ3n) is 4.09. The summed E-state index contributed by atoms with van der Waals surface area (Å²) >= 11 is 1.31. The number of nitrogens with zero attached hydrogens (tertiary/aromatic N) is 2. The van der Waals surface area contributed by atoms with Gasteiger partial charge in [0.15, 0.2) is 0 Å². The quantitative estimate of drug-likeness (QED) is 0.652. The van der Waals surface area contributed by atoms with Gasteiger partial charge in [-0.15, -0.1) is 0 Å². The molecule has 0 saturated carbocycles. The molecular formula is C23H30N2O4S. The molecular weight excluding hydrogens is 400 g/mol. The van der Waals surface area contributed by atoms with Crippen LogP contribution in [0.25, 0.3) is 0 Å². The van der Waals surface area contributed by atoms with Crippen LogP contribution in [0.2, 0.25) is 0 Å². The molecule has 0 bridgehead atoms. The van der Waals surface area contributed by atoms with E-state index in [1.807, 2.05) is 56.3 Å². The van der Waals surface area contributed by atoms with Crippen LogP contribution in [0.4, 0.5) is 10.5 Å². The van der Waals surface area contributed by atoms with E-state index in [4.69, 9.17) is 4.74 Å². The zero-order valence-corrected chi connectivity index (χ0v) is 19.0. The van der Waals surface area contributed by atoms with Crippen molar-refractivity contribution in [2.75, 3.05) is 24.0 Å². The predicted molar refractivity (Wildman–Crippen MR) is 121 cm³/mol. The zero-order valence-electron chi connectivity index (χ0n) is 18.2. The van der Waals surface area contributed by atoms with Gasteiger partial charge in [0.1, 0.15) is 12.1 Å². The fourth-order valence-corrected chi connectivity index (χ4v) is 3.64. The highest BCUT2D eigenvalue weighted by atomic mass is 32.2. The first-order chi connectivity index (χ1) is 14.1. The Morgan fingerprint density at radius 2 is 1.73 bits per heavy atom. The number of aliphatic hydroxyl groups is 1. The van der Waals surface area contributed by atoms with Crippen LogP contribution in [0.5, 0.6) is 0 Å². The van der Waals surface area contributed by atoms with Crippen LogP contribution in [-0.2, 0) is 9.53 Å². The van der Waals surface area contributed by atoms with Gasteiger partial charge in [-0.3, -0.25) is 9.69 Å². The molecule has 0 aromatic heterocycles. The highest BCUT2D eigenvalue weighted by molar-refractivity contribution is 8.01. The Morgan fingerprint density at radius 3 is 2.30 bits per heavy atom. The summed E-state index contributed by atoms with van der Waals surface area (Å²) in [4.78, 5) is 27.9. The molecule has 0 aliphatic rings. The van der Waals surface area contributed by atoms with E-state index >= 15 is 0 Å². The second-order valence-electron chi connectivity index (χ2n) is 8.01. The monoisotopic (exact) mass is 430 g/mol. The molecule has 30 heavy (non-hydrogen) atoms. The molecule has 0 atom stereocenters. The topological polar surface area (TPSA) is 70.1 Å². The summed E-state index contributed by atoms with van der Waals surface area (Å²) in [6.45, 7) is 8.85. The number of hydrogen-bond acceptors (Lipinski definition) is 5. The van der Waals surface area contributed by atoms with Crippen LogP contribution in [0.3, 0.4) is 0 Å². The number of amides is 2. The van der Waals surface area contributed by atoms with Gasteiger partial charge in [0, 0.05) is 11.4 Å². The summed E-state index contributed by atoms with van der Waals surface area (Å²) in [6.07, 6.45) is -0.630. The summed E-state index contributed by atoms with van der Waals surface area (Å²) in [5.41, 5.74) is 2.22. The number of ether oxygens (including phenoxy) is 1. The largest absolute Gasteiger partial charge is 0.444 e. The van der Waals surface area contributed by atoms with E-state index in [9.17, 15) is 14.7 Å². The van der Waals surface area contributed by atoms with E-state index in [0.717, 1.165) is 16.0 Å². The fourth-order valence-electron chi connectivity index (χ4n) is 2.72. The molecule has 0 fully saturated rings. The molecule has 0 radical (unpaired) electrons. The minimum Gasteiger partial charge on any atom is -0.444 e. The Hall–Kier alpha value is -2.51. The van der Waals surface area contributed by atoms with Gasteiger partial charge in [0.2, 0.25) is 0 Å². The average Bonchev–Trinajstić information content (AvgIpc) is 2.66. The van der Waals surface area contributed by atoms with Crippen LogP contribution in [0.15, 0.2) is 53.4 Å². The van der Waals surface area contributed by atoms with Crippen LogP contribution < -0.4 is 4.31 Å². The number of benzene rings is 2. The minimum absolute atomic E-state index is 0.0114. The second-order valence-corrected chi connectivity index (χ2v) is 9.00. The fraction of sp³-hybridized carbons (Fsp3) is 0.391. The van der Waals surface area contributed by atoms with Crippen molar-refractivity contribution in [2.24, 2.45) is 0 Å². The molecule has 2 amide bonds. The first-order valence-electron chi connectivity index (χ1n) is 9.82. The first-order valence-corrected chi connectivity index (χ1v) is 10.6. The summed E-state index contributed by atoms with van der Waals surface area (Å²) < 4.78 is 6.96. The van der Waals surface area contributed by atoms with Crippen LogP contribution in [0.1, 0.15) is 31.9 Å². The van der Waals surface area contributed by atoms with Crippen molar-refractivity contribution in [2.45, 2.75) is 45.1 Å². The number of carbonyl (C=O) groups excluding carboxylic acids is 2. The highest BCUT2D eigenvalue weighted by Gasteiger charge is 2.27. The lowest BCUT2D eigenvalue weighted by atomic mass is 10.2. The van der Waals surface area contributed by atoms with E-state index in [1.54, 1.807) is 25.1 Å². The molecule has 2 aromatic rings. The number of hydrogen-bond donors (Lipinski definition) is 1. The van der Waals surface area contributed by atoms with Gasteiger partial charge < -0.3 is 9.84 Å². The van der Waals surface area contributed by atoms with Crippen LogP contribution in [0, 0.1) is 13.8 Å². The maximum absolute atomic E-state index is 13.3. The van der Waals surface area contributed by atoms with Crippen molar-refractivity contribution in [3.8, 4) is 0 Å². The standard InChI is InChI=1S/C23H30N2O4S/c1-17-11-12-20(18(2)15-17)30-25(19-9-7-6-8-10-19)21(27)16-24(13-14-26)22(28)29-23(3,4)5/h6-12,15,26H,13-14,16H2,1-5H3. The van der Waals surface area contributed by atoms with Crippen LogP contribution in [-0.4, -0.2) is 47.3 Å². The minimum atomic E-state index is -0.694. The number of aliphatic hydroxyl groups excluding tert-OH is 1. The van der Waals surface area contributed by atoms with Gasteiger partial charge in [-0.25, -0.2) is 9.10 Å². The van der Waals surface area contributed by atoms with Crippen LogP contribution >= 0.6 is 11.9 Å². The molecule has 2 aromatic carbocycles. The molecule has 6 nitrogen and oxygen atoms in total. The van der Waals surface area contributed by atoms with E-state index in [-0.39, 0.29) is 25.6 Å². The Balaban J connectivity index is 2.28. The number of carbonyl (C=O) groups is 2. The van der Waals surface area contributed by atoms with E-state index in [1.165, 1.54) is 16.8 Å². The van der Waals surface area contributed by atoms with Crippen molar-refractivity contribution < 1.29 is 19.4 Å².